The van der Waals surface area contributed by atoms with Crippen LogP contribution in [0.4, 0.5) is 0 Å². The van der Waals surface area contributed by atoms with Gasteiger partial charge in [0.05, 0.1) is 0 Å². The third-order valence-corrected chi connectivity index (χ3v) is 1.59. The molecule has 1 atom stereocenters. The molecule has 4 heteroatoms. The molecule has 0 bridgehead atoms. The Kier molecular flexibility index (Phi) is 2.03. The molecule has 1 aliphatic rings. The SMILES string of the molecule is CC(=O)C(=N)C1CCC(=O)O1. The monoisotopic (exact) mass is 155 g/mol. The number of ketones is 1. The number of carbonyl (C=O) groups is 2. The van der Waals surface area contributed by atoms with Crippen LogP contribution in [0.3, 0.4) is 0 Å². The van der Waals surface area contributed by atoms with Crippen molar-refractivity contribution >= 4 is 17.5 Å². The van der Waals surface area contributed by atoms with Gasteiger partial charge in [0.25, 0.3) is 0 Å². The summed E-state index contributed by atoms with van der Waals surface area (Å²) in [5.74, 6) is -0.647. The smallest absolute Gasteiger partial charge is 0.306 e. The number of esters is 1. The Morgan fingerprint density at radius 2 is 2.36 bits per heavy atom. The summed E-state index contributed by atoms with van der Waals surface area (Å²) < 4.78 is 4.70. The molecule has 60 valence electrons. The Labute approximate surface area is 64.0 Å². The van der Waals surface area contributed by atoms with E-state index in [0.29, 0.717) is 12.8 Å². The van der Waals surface area contributed by atoms with Crippen LogP contribution < -0.4 is 0 Å². The van der Waals surface area contributed by atoms with Crippen LogP contribution in [0.25, 0.3) is 0 Å². The number of hydrogen-bond acceptors (Lipinski definition) is 4. The first-order valence-electron chi connectivity index (χ1n) is 3.40. The summed E-state index contributed by atoms with van der Waals surface area (Å²) in [6.07, 6.45) is 0.206. The van der Waals surface area contributed by atoms with Gasteiger partial charge in [0, 0.05) is 19.8 Å². The van der Waals surface area contributed by atoms with Crippen LogP contribution in [-0.4, -0.2) is 23.6 Å². The van der Waals surface area contributed by atoms with Crippen molar-refractivity contribution in [3.8, 4) is 0 Å². The Hall–Kier alpha value is -1.19. The molecule has 0 aromatic heterocycles. The quantitative estimate of drug-likeness (QED) is 0.460. The summed E-state index contributed by atoms with van der Waals surface area (Å²) in [5.41, 5.74) is -0.101. The highest BCUT2D eigenvalue weighted by Crippen LogP contribution is 2.14. The van der Waals surface area contributed by atoms with Gasteiger partial charge in [-0.2, -0.15) is 0 Å². The van der Waals surface area contributed by atoms with Crippen LogP contribution in [-0.2, 0) is 14.3 Å². The highest BCUT2D eigenvalue weighted by molar-refractivity contribution is 6.39. The fourth-order valence-electron chi connectivity index (χ4n) is 0.955. The van der Waals surface area contributed by atoms with Gasteiger partial charge in [-0.15, -0.1) is 0 Å². The maximum Gasteiger partial charge on any atom is 0.306 e. The maximum atomic E-state index is 10.6. The number of rotatable bonds is 2. The van der Waals surface area contributed by atoms with Gasteiger partial charge in [0.15, 0.2) is 5.78 Å². The minimum Gasteiger partial charge on any atom is -0.456 e. The zero-order valence-corrected chi connectivity index (χ0v) is 6.22. The summed E-state index contributed by atoms with van der Waals surface area (Å²) >= 11 is 0. The molecule has 1 heterocycles. The van der Waals surface area contributed by atoms with Gasteiger partial charge < -0.3 is 4.74 Å². The third kappa shape index (κ3) is 1.63. The van der Waals surface area contributed by atoms with E-state index in [2.05, 4.69) is 0 Å². The number of nitrogens with one attached hydrogen (secondary N) is 1. The van der Waals surface area contributed by atoms with Gasteiger partial charge in [0.2, 0.25) is 0 Å². The molecule has 1 unspecified atom stereocenters. The minimum atomic E-state index is -0.583. The van der Waals surface area contributed by atoms with Crippen molar-refractivity contribution in [1.29, 1.82) is 5.41 Å². The van der Waals surface area contributed by atoms with Crippen molar-refractivity contribution in [3.05, 3.63) is 0 Å². The number of ether oxygens (including phenoxy) is 1. The van der Waals surface area contributed by atoms with E-state index in [9.17, 15) is 9.59 Å². The lowest BCUT2D eigenvalue weighted by Crippen LogP contribution is -2.25. The molecular weight excluding hydrogens is 146 g/mol. The summed E-state index contributed by atoms with van der Waals surface area (Å²) in [7, 11) is 0. The van der Waals surface area contributed by atoms with E-state index < -0.39 is 6.10 Å². The molecule has 0 aromatic rings. The van der Waals surface area contributed by atoms with Crippen LogP contribution >= 0.6 is 0 Å². The van der Waals surface area contributed by atoms with E-state index in [-0.39, 0.29) is 17.5 Å². The van der Waals surface area contributed by atoms with E-state index in [0.717, 1.165) is 0 Å². The number of hydrogen-bond donors (Lipinski definition) is 1. The van der Waals surface area contributed by atoms with Gasteiger partial charge in [-0.05, 0) is 0 Å². The van der Waals surface area contributed by atoms with Crippen LogP contribution in [0.15, 0.2) is 0 Å². The molecule has 0 amide bonds. The fourth-order valence-corrected chi connectivity index (χ4v) is 0.955. The zero-order valence-electron chi connectivity index (χ0n) is 6.22. The second-order valence-electron chi connectivity index (χ2n) is 2.49. The molecule has 0 saturated carbocycles. The van der Waals surface area contributed by atoms with Crippen molar-refractivity contribution in [1.82, 2.24) is 0 Å². The molecular formula is C7H9NO3. The minimum absolute atomic E-state index is 0.101. The highest BCUT2D eigenvalue weighted by atomic mass is 16.5. The molecule has 0 aromatic carbocycles. The first kappa shape index (κ1) is 7.91. The molecule has 1 aliphatic heterocycles. The summed E-state index contributed by atoms with van der Waals surface area (Å²) in [5, 5.41) is 7.20. The van der Waals surface area contributed by atoms with Gasteiger partial charge in [-0.3, -0.25) is 15.0 Å². The Bertz CT molecular complexity index is 222. The Morgan fingerprint density at radius 3 is 2.73 bits per heavy atom. The number of cyclic esters (lactones) is 1. The lowest BCUT2D eigenvalue weighted by atomic mass is 10.1. The molecule has 0 radical (unpaired) electrons. The first-order valence-corrected chi connectivity index (χ1v) is 3.40. The van der Waals surface area contributed by atoms with E-state index in [1.165, 1.54) is 6.92 Å². The van der Waals surface area contributed by atoms with Crippen LogP contribution in [0.5, 0.6) is 0 Å². The van der Waals surface area contributed by atoms with Crippen molar-refractivity contribution < 1.29 is 14.3 Å². The van der Waals surface area contributed by atoms with Gasteiger partial charge in [-0.25, -0.2) is 0 Å². The average Bonchev–Trinajstić information content (AvgIpc) is 2.34. The van der Waals surface area contributed by atoms with Crippen LogP contribution in [0, 0.1) is 5.41 Å². The van der Waals surface area contributed by atoms with Crippen molar-refractivity contribution in [2.75, 3.05) is 0 Å². The summed E-state index contributed by atoms with van der Waals surface area (Å²) in [6.45, 7) is 1.30. The van der Waals surface area contributed by atoms with Gasteiger partial charge in [-0.1, -0.05) is 0 Å². The maximum absolute atomic E-state index is 10.6. The Balaban J connectivity index is 2.56. The molecule has 1 rings (SSSR count). The summed E-state index contributed by atoms with van der Waals surface area (Å²) in [6, 6.07) is 0. The van der Waals surface area contributed by atoms with E-state index in [4.69, 9.17) is 10.1 Å². The first-order chi connectivity index (χ1) is 5.11. The molecule has 1 N–H and O–H groups in total. The lowest BCUT2D eigenvalue weighted by molar-refractivity contribution is -0.139. The van der Waals surface area contributed by atoms with Crippen molar-refractivity contribution in [2.24, 2.45) is 0 Å². The number of carbonyl (C=O) groups excluding carboxylic acids is 2. The highest BCUT2D eigenvalue weighted by Gasteiger charge is 2.28. The second-order valence-corrected chi connectivity index (χ2v) is 2.49. The number of Topliss-reactive ketones (excluding diaryl/α,β-unsaturated/α-hetero) is 1. The largest absolute Gasteiger partial charge is 0.456 e. The van der Waals surface area contributed by atoms with Gasteiger partial charge >= 0.3 is 5.97 Å². The predicted molar refractivity (Wildman–Crippen MR) is 37.5 cm³/mol. The topological polar surface area (TPSA) is 67.2 Å². The molecule has 0 spiro atoms. The van der Waals surface area contributed by atoms with Crippen LogP contribution in [0.2, 0.25) is 0 Å². The summed E-state index contributed by atoms with van der Waals surface area (Å²) in [4.78, 5) is 21.2. The normalized spacial score (nSPS) is 23.0. The predicted octanol–water partition coefficient (Wildman–Crippen LogP) is 0.301. The standard InChI is InChI=1S/C7H9NO3/c1-4(9)7(8)5-2-3-6(10)11-5/h5,8H,2-3H2,1H3. The molecule has 11 heavy (non-hydrogen) atoms. The van der Waals surface area contributed by atoms with Gasteiger partial charge in [0.1, 0.15) is 11.8 Å². The second kappa shape index (κ2) is 2.82. The van der Waals surface area contributed by atoms with E-state index in [1.54, 1.807) is 0 Å². The third-order valence-electron chi connectivity index (χ3n) is 1.59. The fraction of sp³-hybridized carbons (Fsp3) is 0.571. The molecule has 1 fully saturated rings. The van der Waals surface area contributed by atoms with E-state index >= 15 is 0 Å². The zero-order chi connectivity index (χ0) is 8.43. The molecule has 4 nitrogen and oxygen atoms in total. The lowest BCUT2D eigenvalue weighted by Gasteiger charge is -2.06. The van der Waals surface area contributed by atoms with E-state index in [1.807, 2.05) is 0 Å². The van der Waals surface area contributed by atoms with Crippen molar-refractivity contribution in [3.63, 3.8) is 0 Å². The average molecular weight is 155 g/mol. The van der Waals surface area contributed by atoms with Crippen molar-refractivity contribution in [2.45, 2.75) is 25.9 Å². The molecule has 0 aliphatic carbocycles. The molecule has 1 saturated heterocycles. The van der Waals surface area contributed by atoms with Crippen LogP contribution in [0.1, 0.15) is 19.8 Å². The Morgan fingerprint density at radius 1 is 1.73 bits per heavy atom.